The van der Waals surface area contributed by atoms with Gasteiger partial charge in [-0.25, -0.2) is 0 Å². The Kier molecular flexibility index (Phi) is 9.58. The smallest absolute Gasteiger partial charge is 0.194 e. The largest absolute Gasteiger partial charge is 0.386 e. The number of aliphatic hydroxyl groups excluding tert-OH is 1. The number of halogens is 2. The highest BCUT2D eigenvalue weighted by Gasteiger charge is 2.30. The number of benzene rings is 1. The Morgan fingerprint density at radius 1 is 1.33 bits per heavy atom. The molecule has 2 unspecified atom stereocenters. The van der Waals surface area contributed by atoms with Gasteiger partial charge in [0.1, 0.15) is 6.10 Å². The molecule has 0 bridgehead atoms. The van der Waals surface area contributed by atoms with E-state index in [9.17, 15) is 5.11 Å². The molecular formula is C19H30ClIN4O2. The number of nitrogens with zero attached hydrogens (tertiary/aromatic N) is 3. The van der Waals surface area contributed by atoms with Crippen molar-refractivity contribution in [2.45, 2.75) is 25.5 Å². The maximum atomic E-state index is 10.5. The van der Waals surface area contributed by atoms with Gasteiger partial charge in [0, 0.05) is 49.4 Å². The summed E-state index contributed by atoms with van der Waals surface area (Å²) in [4.78, 5) is 9.49. The molecule has 2 fully saturated rings. The topological polar surface area (TPSA) is 60.3 Å². The third kappa shape index (κ3) is 6.19. The molecule has 2 atom stereocenters. The van der Waals surface area contributed by atoms with Gasteiger partial charge < -0.3 is 20.1 Å². The van der Waals surface area contributed by atoms with Gasteiger partial charge in [-0.15, -0.1) is 24.0 Å². The van der Waals surface area contributed by atoms with Crippen molar-refractivity contribution in [3.63, 3.8) is 0 Å². The molecule has 2 aliphatic heterocycles. The highest BCUT2D eigenvalue weighted by Crippen LogP contribution is 2.23. The Labute approximate surface area is 183 Å². The van der Waals surface area contributed by atoms with Crippen LogP contribution in [0.4, 0.5) is 0 Å². The van der Waals surface area contributed by atoms with E-state index in [0.717, 1.165) is 63.9 Å². The van der Waals surface area contributed by atoms with E-state index in [-0.39, 0.29) is 24.0 Å². The van der Waals surface area contributed by atoms with Crippen LogP contribution in [0.2, 0.25) is 5.02 Å². The molecule has 2 saturated heterocycles. The molecule has 3 rings (SSSR count). The molecule has 0 radical (unpaired) electrons. The van der Waals surface area contributed by atoms with Crippen molar-refractivity contribution in [3.8, 4) is 0 Å². The summed E-state index contributed by atoms with van der Waals surface area (Å²) in [7, 11) is 0. The van der Waals surface area contributed by atoms with Gasteiger partial charge in [-0.05, 0) is 19.4 Å². The molecule has 1 aromatic carbocycles. The number of aliphatic hydroxyl groups is 1. The monoisotopic (exact) mass is 508 g/mol. The standard InChI is InChI=1S/C19H29ClN4O2.HI/c1-2-21-19(22-13-18(25)16-5-3-4-6-17(16)20)24-8-7-15(14-24)23-9-11-26-12-10-23;/h3-6,15,18,25H,2,7-14H2,1H3,(H,21,22);1H. The van der Waals surface area contributed by atoms with Crippen molar-refractivity contribution in [1.29, 1.82) is 0 Å². The minimum Gasteiger partial charge on any atom is -0.386 e. The number of morpholine rings is 1. The fourth-order valence-corrected chi connectivity index (χ4v) is 3.88. The first-order valence-electron chi connectivity index (χ1n) is 9.46. The fraction of sp³-hybridized carbons (Fsp3) is 0.632. The third-order valence-electron chi connectivity index (χ3n) is 5.04. The second-order valence-electron chi connectivity index (χ2n) is 6.77. The van der Waals surface area contributed by atoms with Crippen molar-refractivity contribution in [2.24, 2.45) is 4.99 Å². The molecule has 2 heterocycles. The number of nitrogens with one attached hydrogen (secondary N) is 1. The molecule has 0 spiro atoms. The van der Waals surface area contributed by atoms with Gasteiger partial charge in [-0.2, -0.15) is 0 Å². The van der Waals surface area contributed by atoms with E-state index >= 15 is 0 Å². The normalized spacial score (nSPS) is 22.4. The Morgan fingerprint density at radius 2 is 2.07 bits per heavy atom. The average Bonchev–Trinajstić information content (AvgIpc) is 3.16. The quantitative estimate of drug-likeness (QED) is 0.363. The van der Waals surface area contributed by atoms with Crippen LogP contribution in [0.15, 0.2) is 29.3 Å². The summed E-state index contributed by atoms with van der Waals surface area (Å²) in [5, 5.41) is 14.4. The Balaban J connectivity index is 0.00000261. The van der Waals surface area contributed by atoms with Gasteiger partial charge in [-0.1, -0.05) is 29.8 Å². The summed E-state index contributed by atoms with van der Waals surface area (Å²) in [6.07, 6.45) is 0.437. The number of guanidine groups is 1. The second-order valence-corrected chi connectivity index (χ2v) is 7.18. The molecule has 27 heavy (non-hydrogen) atoms. The van der Waals surface area contributed by atoms with Gasteiger partial charge in [0.2, 0.25) is 0 Å². The van der Waals surface area contributed by atoms with Crippen LogP contribution in [-0.4, -0.2) is 79.4 Å². The van der Waals surface area contributed by atoms with Crippen molar-refractivity contribution in [3.05, 3.63) is 34.9 Å². The first-order valence-corrected chi connectivity index (χ1v) is 9.84. The van der Waals surface area contributed by atoms with E-state index in [1.165, 1.54) is 0 Å². The van der Waals surface area contributed by atoms with Gasteiger partial charge in [-0.3, -0.25) is 9.89 Å². The fourth-order valence-electron chi connectivity index (χ4n) is 3.62. The highest BCUT2D eigenvalue weighted by atomic mass is 127. The van der Waals surface area contributed by atoms with Crippen LogP contribution in [0.3, 0.4) is 0 Å². The predicted octanol–water partition coefficient (Wildman–Crippen LogP) is 2.36. The van der Waals surface area contributed by atoms with Crippen LogP contribution in [-0.2, 0) is 4.74 Å². The van der Waals surface area contributed by atoms with Crippen LogP contribution < -0.4 is 5.32 Å². The molecular weight excluding hydrogens is 479 g/mol. The number of ether oxygens (including phenoxy) is 1. The van der Waals surface area contributed by atoms with Crippen LogP contribution >= 0.6 is 35.6 Å². The summed E-state index contributed by atoms with van der Waals surface area (Å²) in [6.45, 7) is 8.79. The lowest BCUT2D eigenvalue weighted by Crippen LogP contribution is -2.46. The van der Waals surface area contributed by atoms with E-state index in [2.05, 4.69) is 27.0 Å². The van der Waals surface area contributed by atoms with Crippen LogP contribution in [0.1, 0.15) is 25.0 Å². The van der Waals surface area contributed by atoms with Gasteiger partial charge in [0.25, 0.3) is 0 Å². The van der Waals surface area contributed by atoms with Gasteiger partial charge in [0.15, 0.2) is 5.96 Å². The molecule has 8 heteroatoms. The third-order valence-corrected chi connectivity index (χ3v) is 5.38. The van der Waals surface area contributed by atoms with Crippen molar-refractivity contribution < 1.29 is 9.84 Å². The Hall–Kier alpha value is -0.610. The lowest BCUT2D eigenvalue weighted by atomic mass is 10.1. The summed E-state index contributed by atoms with van der Waals surface area (Å²) < 4.78 is 5.46. The predicted molar refractivity (Wildman–Crippen MR) is 120 cm³/mol. The first kappa shape index (κ1) is 22.7. The molecule has 2 aliphatic rings. The molecule has 2 N–H and O–H groups in total. The maximum Gasteiger partial charge on any atom is 0.194 e. The van der Waals surface area contributed by atoms with E-state index in [4.69, 9.17) is 16.3 Å². The lowest BCUT2D eigenvalue weighted by molar-refractivity contribution is 0.0194. The summed E-state index contributed by atoms with van der Waals surface area (Å²) >= 11 is 6.18. The number of aliphatic imine (C=N–C) groups is 1. The van der Waals surface area contributed by atoms with Gasteiger partial charge in [0.05, 0.1) is 19.8 Å². The minimum atomic E-state index is -0.699. The molecule has 0 aromatic heterocycles. The molecule has 0 aliphatic carbocycles. The summed E-state index contributed by atoms with van der Waals surface area (Å²) in [5.41, 5.74) is 0.724. The zero-order chi connectivity index (χ0) is 18.4. The Morgan fingerprint density at radius 3 is 2.78 bits per heavy atom. The lowest BCUT2D eigenvalue weighted by Gasteiger charge is -2.32. The van der Waals surface area contributed by atoms with Crippen molar-refractivity contribution >= 4 is 41.5 Å². The van der Waals surface area contributed by atoms with E-state index in [1.807, 2.05) is 18.2 Å². The Bertz CT molecular complexity index is 613. The average molecular weight is 509 g/mol. The SMILES string of the molecule is CCNC(=NCC(O)c1ccccc1Cl)N1CCC(N2CCOCC2)C1.I. The molecule has 0 amide bonds. The molecule has 152 valence electrons. The first-order chi connectivity index (χ1) is 12.7. The van der Waals surface area contributed by atoms with E-state index in [1.54, 1.807) is 6.07 Å². The van der Waals surface area contributed by atoms with Crippen molar-refractivity contribution in [2.75, 3.05) is 52.5 Å². The zero-order valence-corrected chi connectivity index (χ0v) is 18.9. The van der Waals surface area contributed by atoms with Crippen LogP contribution in [0.25, 0.3) is 0 Å². The van der Waals surface area contributed by atoms with E-state index in [0.29, 0.717) is 17.6 Å². The highest BCUT2D eigenvalue weighted by molar-refractivity contribution is 14.0. The van der Waals surface area contributed by atoms with Gasteiger partial charge >= 0.3 is 0 Å². The minimum absolute atomic E-state index is 0. The van der Waals surface area contributed by atoms with Crippen molar-refractivity contribution in [1.82, 2.24) is 15.1 Å². The molecule has 1 aromatic rings. The second kappa shape index (κ2) is 11.4. The summed E-state index contributed by atoms with van der Waals surface area (Å²) in [6, 6.07) is 7.94. The van der Waals surface area contributed by atoms with Crippen LogP contribution in [0, 0.1) is 0 Å². The number of hydrogen-bond donors (Lipinski definition) is 2. The number of hydrogen-bond acceptors (Lipinski definition) is 4. The molecule has 6 nitrogen and oxygen atoms in total. The number of likely N-dealkylation sites (tertiary alicyclic amines) is 1. The summed E-state index contributed by atoms with van der Waals surface area (Å²) in [5.74, 6) is 0.870. The molecule has 0 saturated carbocycles. The zero-order valence-electron chi connectivity index (χ0n) is 15.8. The van der Waals surface area contributed by atoms with Crippen LogP contribution in [0.5, 0.6) is 0 Å². The van der Waals surface area contributed by atoms with E-state index < -0.39 is 6.10 Å². The maximum absolute atomic E-state index is 10.5. The number of rotatable bonds is 5.